The molecule has 0 spiro atoms. The lowest BCUT2D eigenvalue weighted by molar-refractivity contribution is 0.480. The largest absolute Gasteiger partial charge is 0.506 e. The summed E-state index contributed by atoms with van der Waals surface area (Å²) >= 11 is 0. The molecular formula is C30H27AlN3O3. The van der Waals surface area contributed by atoms with Gasteiger partial charge in [-0.2, -0.15) is 0 Å². The molecule has 183 valence electrons. The van der Waals surface area contributed by atoms with Crippen molar-refractivity contribution in [1.29, 1.82) is 0 Å². The molecule has 0 saturated heterocycles. The molecule has 6 rings (SSSR count). The number of nitrogens with zero attached hydrogens (tertiary/aromatic N) is 3. The Kier molecular flexibility index (Phi) is 9.40. The standard InChI is InChI=1S/C11H11NO.C10H9NO.C9H7NO.Al/c1-2-8-6-7-12-11-9(8)4-3-5-10(11)13;1-7-5-6-11-10-8(7)3-2-4-9(10)12;11-8-5-1-3-7-4-2-6-10-9(7)8;/h3-7,13H,2H2,1H3;2-6,12H,1H3;1-6,11H;. The molecule has 3 radical (unpaired) electrons. The van der Waals surface area contributed by atoms with Crippen molar-refractivity contribution in [2.75, 3.05) is 0 Å². The Morgan fingerprint density at radius 2 is 1.08 bits per heavy atom. The Morgan fingerprint density at radius 3 is 1.70 bits per heavy atom. The summed E-state index contributed by atoms with van der Waals surface area (Å²) in [6.45, 7) is 4.10. The van der Waals surface area contributed by atoms with E-state index in [-0.39, 0.29) is 34.6 Å². The predicted molar refractivity (Wildman–Crippen MR) is 150 cm³/mol. The van der Waals surface area contributed by atoms with Crippen molar-refractivity contribution in [3.05, 3.63) is 109 Å². The van der Waals surface area contributed by atoms with Crippen LogP contribution in [0.5, 0.6) is 17.2 Å². The molecule has 6 aromatic rings. The van der Waals surface area contributed by atoms with Gasteiger partial charge < -0.3 is 15.3 Å². The highest BCUT2D eigenvalue weighted by Gasteiger charge is 2.03. The van der Waals surface area contributed by atoms with E-state index in [1.807, 2.05) is 61.5 Å². The van der Waals surface area contributed by atoms with E-state index >= 15 is 0 Å². The highest BCUT2D eigenvalue weighted by molar-refractivity contribution is 5.87. The molecule has 3 aromatic carbocycles. The zero-order valence-electron chi connectivity index (χ0n) is 20.7. The first-order chi connectivity index (χ1) is 17.5. The summed E-state index contributed by atoms with van der Waals surface area (Å²) in [5, 5.41) is 31.3. The minimum Gasteiger partial charge on any atom is -0.506 e. The SMILES string of the molecule is CCc1ccnc2c(O)cccc12.Cc1ccnc2c(O)cccc12.Oc1cccc2cccnc12.[Al]. The summed E-state index contributed by atoms with van der Waals surface area (Å²) in [5.74, 6) is 0.743. The van der Waals surface area contributed by atoms with Crippen LogP contribution in [0.4, 0.5) is 0 Å². The van der Waals surface area contributed by atoms with Crippen molar-refractivity contribution in [1.82, 2.24) is 15.0 Å². The van der Waals surface area contributed by atoms with Crippen LogP contribution in [-0.4, -0.2) is 47.6 Å². The van der Waals surface area contributed by atoms with Gasteiger partial charge in [-0.3, -0.25) is 15.0 Å². The molecule has 0 unspecified atom stereocenters. The van der Waals surface area contributed by atoms with Crippen LogP contribution in [-0.2, 0) is 6.42 Å². The average Bonchev–Trinajstić information content (AvgIpc) is 2.91. The number of phenolic OH excluding ortho intramolecular Hbond substituents is 3. The van der Waals surface area contributed by atoms with E-state index in [4.69, 9.17) is 0 Å². The van der Waals surface area contributed by atoms with Crippen LogP contribution in [0.1, 0.15) is 18.1 Å². The van der Waals surface area contributed by atoms with Crippen molar-refractivity contribution in [3.8, 4) is 17.2 Å². The van der Waals surface area contributed by atoms with Crippen LogP contribution in [0.2, 0.25) is 0 Å². The first-order valence-electron chi connectivity index (χ1n) is 11.6. The minimum atomic E-state index is 0. The van der Waals surface area contributed by atoms with E-state index in [2.05, 4.69) is 21.9 Å². The summed E-state index contributed by atoms with van der Waals surface area (Å²) < 4.78 is 0. The van der Waals surface area contributed by atoms with Crippen LogP contribution in [0, 0.1) is 6.92 Å². The summed E-state index contributed by atoms with van der Waals surface area (Å²) in [6.07, 6.45) is 6.07. The second-order valence-electron chi connectivity index (χ2n) is 8.15. The fourth-order valence-electron chi connectivity index (χ4n) is 3.91. The van der Waals surface area contributed by atoms with Crippen LogP contribution in [0.3, 0.4) is 0 Å². The van der Waals surface area contributed by atoms with Gasteiger partial charge in [0.2, 0.25) is 0 Å². The smallest absolute Gasteiger partial charge is 0.141 e. The molecule has 6 nitrogen and oxygen atoms in total. The molecule has 0 aliphatic heterocycles. The van der Waals surface area contributed by atoms with E-state index in [1.165, 1.54) is 5.56 Å². The van der Waals surface area contributed by atoms with Gasteiger partial charge in [0.25, 0.3) is 0 Å². The Bertz CT molecular complexity index is 1590. The first-order valence-corrected chi connectivity index (χ1v) is 11.6. The highest BCUT2D eigenvalue weighted by Crippen LogP contribution is 2.25. The number of fused-ring (bicyclic) bond motifs is 3. The van der Waals surface area contributed by atoms with E-state index in [0.717, 1.165) is 28.1 Å². The molecule has 0 atom stereocenters. The van der Waals surface area contributed by atoms with Gasteiger partial charge in [0.15, 0.2) is 0 Å². The van der Waals surface area contributed by atoms with Crippen LogP contribution < -0.4 is 0 Å². The third-order valence-corrected chi connectivity index (χ3v) is 5.80. The van der Waals surface area contributed by atoms with Gasteiger partial charge in [0, 0.05) is 52.1 Å². The van der Waals surface area contributed by atoms with Crippen molar-refractivity contribution >= 4 is 50.1 Å². The Balaban J connectivity index is 0.000000153. The molecule has 0 bridgehead atoms. The van der Waals surface area contributed by atoms with Gasteiger partial charge in [-0.05, 0) is 60.9 Å². The van der Waals surface area contributed by atoms with Gasteiger partial charge in [-0.15, -0.1) is 0 Å². The lowest BCUT2D eigenvalue weighted by Gasteiger charge is -2.03. The Morgan fingerprint density at radius 1 is 0.568 bits per heavy atom. The quantitative estimate of drug-likeness (QED) is 0.227. The van der Waals surface area contributed by atoms with Crippen molar-refractivity contribution < 1.29 is 15.3 Å². The fourth-order valence-corrected chi connectivity index (χ4v) is 3.91. The lowest BCUT2D eigenvalue weighted by Crippen LogP contribution is -1.86. The monoisotopic (exact) mass is 504 g/mol. The molecule has 37 heavy (non-hydrogen) atoms. The number of aromatic nitrogens is 3. The van der Waals surface area contributed by atoms with Gasteiger partial charge in [-0.1, -0.05) is 49.4 Å². The second kappa shape index (κ2) is 12.7. The Hall–Kier alpha value is -4.18. The number of rotatable bonds is 1. The summed E-state index contributed by atoms with van der Waals surface area (Å²) in [6, 6.07) is 24.0. The second-order valence-corrected chi connectivity index (χ2v) is 8.15. The average molecular weight is 505 g/mol. The summed E-state index contributed by atoms with van der Waals surface area (Å²) in [5.41, 5.74) is 4.39. The van der Waals surface area contributed by atoms with Gasteiger partial charge in [-0.25, -0.2) is 0 Å². The maximum absolute atomic E-state index is 9.53. The first kappa shape index (κ1) is 27.4. The topological polar surface area (TPSA) is 99.4 Å². The molecule has 0 amide bonds. The number of para-hydroxylation sites is 3. The van der Waals surface area contributed by atoms with E-state index in [9.17, 15) is 15.3 Å². The van der Waals surface area contributed by atoms with Gasteiger partial charge in [0.05, 0.1) is 0 Å². The molecule has 0 aliphatic rings. The zero-order valence-corrected chi connectivity index (χ0v) is 21.9. The summed E-state index contributed by atoms with van der Waals surface area (Å²) in [7, 11) is 0. The molecule has 3 aromatic heterocycles. The number of aromatic hydroxyl groups is 3. The van der Waals surface area contributed by atoms with E-state index in [1.54, 1.807) is 42.9 Å². The summed E-state index contributed by atoms with van der Waals surface area (Å²) in [4.78, 5) is 12.3. The highest BCUT2D eigenvalue weighted by atomic mass is 27.0. The van der Waals surface area contributed by atoms with Crippen molar-refractivity contribution in [2.24, 2.45) is 0 Å². The number of pyridine rings is 3. The number of phenols is 3. The molecule has 0 fully saturated rings. The zero-order chi connectivity index (χ0) is 25.5. The maximum Gasteiger partial charge on any atom is 0.141 e. The maximum atomic E-state index is 9.53. The molecule has 0 aliphatic carbocycles. The van der Waals surface area contributed by atoms with Crippen LogP contribution >= 0.6 is 0 Å². The molecule has 3 heterocycles. The van der Waals surface area contributed by atoms with Crippen molar-refractivity contribution in [2.45, 2.75) is 20.3 Å². The molecule has 0 saturated carbocycles. The van der Waals surface area contributed by atoms with Gasteiger partial charge in [0.1, 0.15) is 33.8 Å². The predicted octanol–water partition coefficient (Wildman–Crippen LogP) is 6.31. The number of aryl methyl sites for hydroxylation is 2. The van der Waals surface area contributed by atoms with Crippen molar-refractivity contribution in [3.63, 3.8) is 0 Å². The van der Waals surface area contributed by atoms with Crippen LogP contribution in [0.25, 0.3) is 32.7 Å². The third kappa shape index (κ3) is 6.34. The number of hydrogen-bond donors (Lipinski definition) is 3. The minimum absolute atomic E-state index is 0. The molecular weight excluding hydrogens is 477 g/mol. The van der Waals surface area contributed by atoms with E-state index in [0.29, 0.717) is 16.6 Å². The van der Waals surface area contributed by atoms with Gasteiger partial charge >= 0.3 is 0 Å². The molecule has 7 heteroatoms. The lowest BCUT2D eigenvalue weighted by atomic mass is 10.1. The molecule has 3 N–H and O–H groups in total. The Labute approximate surface area is 226 Å². The number of hydrogen-bond acceptors (Lipinski definition) is 6. The third-order valence-electron chi connectivity index (χ3n) is 5.80. The van der Waals surface area contributed by atoms with E-state index < -0.39 is 0 Å². The number of benzene rings is 3. The fraction of sp³-hybridized carbons (Fsp3) is 0.100. The normalized spacial score (nSPS) is 10.1. The van der Waals surface area contributed by atoms with Crippen LogP contribution in [0.15, 0.2) is 97.5 Å².